The fraction of sp³-hybridized carbons (Fsp3) is 0.222. The van der Waals surface area contributed by atoms with E-state index in [-0.39, 0.29) is 0 Å². The molecule has 3 aromatic carbocycles. The van der Waals surface area contributed by atoms with E-state index >= 15 is 0 Å². The number of fused-ring (bicyclic) bond motifs is 1. The summed E-state index contributed by atoms with van der Waals surface area (Å²) in [4.78, 5) is 9.57. The van der Waals surface area contributed by atoms with Crippen LogP contribution < -0.4 is 5.32 Å². The maximum atomic E-state index is 13.7. The number of aromatic nitrogens is 2. The highest BCUT2D eigenvalue weighted by Crippen LogP contribution is 2.34. The molecule has 5 rings (SSSR count). The number of aromatic amines is 1. The predicted octanol–water partition coefficient (Wildman–Crippen LogP) is 6.13. The molecule has 1 aromatic heterocycles. The molecular formula is C27H25ClF2N4O. The van der Waals surface area contributed by atoms with E-state index in [4.69, 9.17) is 16.7 Å². The lowest BCUT2D eigenvalue weighted by molar-refractivity contribution is -0.0749. The molecule has 5 nitrogen and oxygen atoms in total. The molecule has 0 saturated heterocycles. The third-order valence-corrected chi connectivity index (χ3v) is 6.52. The number of hydrogen-bond acceptors (Lipinski definition) is 4. The van der Waals surface area contributed by atoms with Gasteiger partial charge in [-0.25, -0.2) is 13.8 Å². The van der Waals surface area contributed by atoms with Gasteiger partial charge in [-0.3, -0.25) is 4.90 Å². The second-order valence-corrected chi connectivity index (χ2v) is 9.16. The Labute approximate surface area is 207 Å². The van der Waals surface area contributed by atoms with Crippen molar-refractivity contribution in [2.75, 3.05) is 25.0 Å². The van der Waals surface area contributed by atoms with Crippen molar-refractivity contribution in [1.82, 2.24) is 14.9 Å². The predicted molar refractivity (Wildman–Crippen MR) is 135 cm³/mol. The van der Waals surface area contributed by atoms with Crippen molar-refractivity contribution < 1.29 is 13.9 Å². The van der Waals surface area contributed by atoms with Crippen molar-refractivity contribution >= 4 is 23.0 Å². The number of hydrogen-bond donors (Lipinski definition) is 3. The number of imidazole rings is 1. The normalized spacial score (nSPS) is 14.1. The lowest BCUT2D eigenvalue weighted by Gasteiger charge is -2.32. The molecule has 35 heavy (non-hydrogen) atoms. The third-order valence-electron chi connectivity index (χ3n) is 6.19. The van der Waals surface area contributed by atoms with Crippen LogP contribution in [0.4, 0.5) is 20.2 Å². The molecule has 1 aliphatic heterocycles. The van der Waals surface area contributed by atoms with Crippen LogP contribution >= 0.6 is 11.6 Å². The molecule has 0 spiro atoms. The molecule has 0 saturated carbocycles. The topological polar surface area (TPSA) is 64.2 Å². The number of anilines is 2. The Kier molecular flexibility index (Phi) is 6.56. The van der Waals surface area contributed by atoms with Gasteiger partial charge in [-0.15, -0.1) is 0 Å². The van der Waals surface area contributed by atoms with E-state index in [1.165, 1.54) is 0 Å². The number of alkyl halides is 2. The van der Waals surface area contributed by atoms with Gasteiger partial charge in [0.2, 0.25) is 0 Å². The minimum atomic E-state index is -3.10. The van der Waals surface area contributed by atoms with Crippen molar-refractivity contribution in [2.45, 2.75) is 18.9 Å². The Balaban J connectivity index is 1.37. The molecule has 0 bridgehead atoms. The molecule has 8 heteroatoms. The summed E-state index contributed by atoms with van der Waals surface area (Å²) in [6, 6.07) is 21.5. The van der Waals surface area contributed by atoms with Gasteiger partial charge in [0.15, 0.2) is 0 Å². The number of rotatable bonds is 7. The van der Waals surface area contributed by atoms with E-state index in [9.17, 15) is 8.78 Å². The lowest BCUT2D eigenvalue weighted by atomic mass is 9.97. The van der Waals surface area contributed by atoms with Crippen LogP contribution in [0.25, 0.3) is 22.6 Å². The van der Waals surface area contributed by atoms with E-state index in [2.05, 4.69) is 15.3 Å². The first-order valence-electron chi connectivity index (χ1n) is 11.4. The highest BCUT2D eigenvalue weighted by atomic mass is 35.5. The van der Waals surface area contributed by atoms with Gasteiger partial charge in [-0.05, 0) is 47.4 Å². The van der Waals surface area contributed by atoms with Gasteiger partial charge in [-0.2, -0.15) is 0 Å². The van der Waals surface area contributed by atoms with Crippen molar-refractivity contribution in [3.63, 3.8) is 0 Å². The van der Waals surface area contributed by atoms with Crippen LogP contribution in [0.1, 0.15) is 11.1 Å². The summed E-state index contributed by atoms with van der Waals surface area (Å²) in [5, 5.41) is 13.0. The van der Waals surface area contributed by atoms with E-state index in [0.29, 0.717) is 30.4 Å². The van der Waals surface area contributed by atoms with Crippen LogP contribution in [-0.4, -0.2) is 45.6 Å². The molecule has 3 N–H and O–H groups in total. The average Bonchev–Trinajstić information content (AvgIpc) is 3.36. The first-order chi connectivity index (χ1) is 16.9. The monoisotopic (exact) mass is 494 g/mol. The van der Waals surface area contributed by atoms with Gasteiger partial charge in [0.1, 0.15) is 12.4 Å². The molecule has 0 fully saturated rings. The molecule has 1 aliphatic rings. The first-order valence-corrected chi connectivity index (χ1v) is 11.8. The number of H-pyrrole nitrogens is 1. The molecule has 2 heterocycles. The highest BCUT2D eigenvalue weighted by Gasteiger charge is 2.32. The highest BCUT2D eigenvalue weighted by molar-refractivity contribution is 6.33. The van der Waals surface area contributed by atoms with Crippen LogP contribution in [0.2, 0.25) is 5.02 Å². The number of aliphatic hydroxyl groups excluding tert-OH is 1. The summed E-state index contributed by atoms with van der Waals surface area (Å²) in [6.07, 6.45) is 2.43. The number of halogens is 3. The molecule has 0 unspecified atom stereocenters. The number of nitrogens with zero attached hydrogens (tertiary/aromatic N) is 2. The van der Waals surface area contributed by atoms with Crippen LogP contribution in [0.15, 0.2) is 72.9 Å². The Morgan fingerprint density at radius 2 is 1.91 bits per heavy atom. The third kappa shape index (κ3) is 5.22. The summed E-state index contributed by atoms with van der Waals surface area (Å²) in [6.45, 7) is -0.669. The summed E-state index contributed by atoms with van der Waals surface area (Å²) >= 11 is 6.51. The van der Waals surface area contributed by atoms with Gasteiger partial charge < -0.3 is 15.4 Å². The SMILES string of the molecule is OCC(F)(F)CN1CCc2c(cccc2Nc2ccc(Cl)c(-c3ncc(-c4ccccc4)[nH]3)c2)C1. The van der Waals surface area contributed by atoms with E-state index in [0.717, 1.165) is 39.3 Å². The maximum absolute atomic E-state index is 13.7. The van der Waals surface area contributed by atoms with E-state index in [1.54, 1.807) is 11.1 Å². The zero-order chi connectivity index (χ0) is 24.4. The van der Waals surface area contributed by atoms with Crippen LogP contribution in [0.3, 0.4) is 0 Å². The maximum Gasteiger partial charge on any atom is 0.283 e. The van der Waals surface area contributed by atoms with Gasteiger partial charge in [-0.1, -0.05) is 54.1 Å². The smallest absolute Gasteiger partial charge is 0.283 e. The fourth-order valence-electron chi connectivity index (χ4n) is 4.46. The minimum absolute atomic E-state index is 0.418. The molecule has 4 aromatic rings. The molecule has 180 valence electrons. The van der Waals surface area contributed by atoms with E-state index in [1.807, 2.05) is 66.7 Å². The average molecular weight is 495 g/mol. The standard InChI is InChI=1S/C27H25ClF2N4O/c28-23-10-9-20(13-22(23)26-31-14-25(33-26)18-5-2-1-3-6-18)32-24-8-4-7-19-15-34(12-11-21(19)24)16-27(29,30)17-35/h1-10,13-14,32,35H,11-12,15-17H2,(H,31,33). The van der Waals surface area contributed by atoms with Crippen LogP contribution in [-0.2, 0) is 13.0 Å². The minimum Gasteiger partial charge on any atom is -0.390 e. The largest absolute Gasteiger partial charge is 0.390 e. The van der Waals surface area contributed by atoms with Crippen LogP contribution in [0, 0.1) is 0 Å². The number of benzene rings is 3. The van der Waals surface area contributed by atoms with Crippen molar-refractivity contribution in [3.8, 4) is 22.6 Å². The summed E-state index contributed by atoms with van der Waals surface area (Å²) < 4.78 is 27.3. The summed E-state index contributed by atoms with van der Waals surface area (Å²) in [5.41, 5.74) is 6.63. The Morgan fingerprint density at radius 1 is 1.09 bits per heavy atom. The molecule has 0 amide bonds. The lowest BCUT2D eigenvalue weighted by Crippen LogP contribution is -2.41. The Hall–Kier alpha value is -3.26. The van der Waals surface area contributed by atoms with Gasteiger partial charge in [0.25, 0.3) is 5.92 Å². The Morgan fingerprint density at radius 3 is 2.71 bits per heavy atom. The summed E-state index contributed by atoms with van der Waals surface area (Å²) in [5.74, 6) is -2.42. The Bertz CT molecular complexity index is 1330. The molecule has 0 atom stereocenters. The first kappa shape index (κ1) is 23.5. The van der Waals surface area contributed by atoms with Gasteiger partial charge in [0.05, 0.1) is 23.5 Å². The van der Waals surface area contributed by atoms with Gasteiger partial charge in [0, 0.05) is 30.0 Å². The van der Waals surface area contributed by atoms with Crippen LogP contribution in [0.5, 0.6) is 0 Å². The number of aliphatic hydroxyl groups is 1. The summed E-state index contributed by atoms with van der Waals surface area (Å²) in [7, 11) is 0. The zero-order valence-electron chi connectivity index (χ0n) is 18.9. The molecular weight excluding hydrogens is 470 g/mol. The van der Waals surface area contributed by atoms with Crippen molar-refractivity contribution in [3.05, 3.63) is 89.1 Å². The zero-order valence-corrected chi connectivity index (χ0v) is 19.7. The van der Waals surface area contributed by atoms with Gasteiger partial charge >= 0.3 is 0 Å². The van der Waals surface area contributed by atoms with E-state index < -0.39 is 19.1 Å². The fourth-order valence-corrected chi connectivity index (χ4v) is 4.67. The van der Waals surface area contributed by atoms with Crippen molar-refractivity contribution in [2.24, 2.45) is 0 Å². The molecule has 0 radical (unpaired) electrons. The second kappa shape index (κ2) is 9.77. The second-order valence-electron chi connectivity index (χ2n) is 8.75. The number of nitrogens with one attached hydrogen (secondary N) is 2. The molecule has 0 aliphatic carbocycles. The van der Waals surface area contributed by atoms with Crippen molar-refractivity contribution in [1.29, 1.82) is 0 Å². The quantitative estimate of drug-likeness (QED) is 0.289.